The minimum Gasteiger partial charge on any atom is -0.352 e. The number of benzene rings is 1. The number of imidazole rings is 1. The van der Waals surface area contributed by atoms with Crippen LogP contribution in [0.3, 0.4) is 0 Å². The standard InChI is InChI=1S/C14H20N4/c1-17-9-5-6-11(10-17)15-14-16-12-7-3-4-8-13(12)18(14)2/h3-4,7-8,11H,5-6,9-10H2,1-2H3,(H,15,16). The number of nitrogens with zero attached hydrogens (tertiary/aromatic N) is 3. The number of hydrogen-bond donors (Lipinski definition) is 1. The number of likely N-dealkylation sites (tertiary alicyclic amines) is 1. The van der Waals surface area contributed by atoms with E-state index in [0.717, 1.165) is 18.0 Å². The van der Waals surface area contributed by atoms with E-state index in [1.807, 2.05) is 6.07 Å². The molecule has 0 spiro atoms. The first-order valence-electron chi connectivity index (χ1n) is 6.60. The third-order valence-corrected chi connectivity index (χ3v) is 3.74. The molecule has 0 aliphatic carbocycles. The highest BCUT2D eigenvalue weighted by molar-refractivity contribution is 5.78. The molecule has 0 radical (unpaired) electrons. The van der Waals surface area contributed by atoms with Crippen molar-refractivity contribution in [3.63, 3.8) is 0 Å². The van der Waals surface area contributed by atoms with Gasteiger partial charge in [-0.2, -0.15) is 0 Å². The zero-order valence-electron chi connectivity index (χ0n) is 11.1. The molecule has 0 bridgehead atoms. The Balaban J connectivity index is 1.84. The number of piperidine rings is 1. The first-order chi connectivity index (χ1) is 8.74. The average molecular weight is 244 g/mol. The van der Waals surface area contributed by atoms with E-state index in [0.29, 0.717) is 6.04 Å². The second kappa shape index (κ2) is 4.61. The van der Waals surface area contributed by atoms with Crippen LogP contribution in [0, 0.1) is 0 Å². The number of para-hydroxylation sites is 2. The summed E-state index contributed by atoms with van der Waals surface area (Å²) in [5, 5.41) is 3.58. The number of rotatable bonds is 2. The molecule has 1 unspecified atom stereocenters. The van der Waals surface area contributed by atoms with E-state index >= 15 is 0 Å². The SMILES string of the molecule is CN1CCCC(Nc2nc3ccccc3n2C)C1. The Morgan fingerprint density at radius 2 is 2.11 bits per heavy atom. The largest absolute Gasteiger partial charge is 0.352 e. The van der Waals surface area contributed by atoms with Crippen molar-refractivity contribution in [2.75, 3.05) is 25.5 Å². The van der Waals surface area contributed by atoms with Crippen LogP contribution in [0.1, 0.15) is 12.8 Å². The molecule has 1 fully saturated rings. The third-order valence-electron chi connectivity index (χ3n) is 3.74. The zero-order valence-corrected chi connectivity index (χ0v) is 11.1. The van der Waals surface area contributed by atoms with Crippen LogP contribution in [-0.4, -0.2) is 40.6 Å². The molecule has 4 nitrogen and oxygen atoms in total. The number of hydrogen-bond acceptors (Lipinski definition) is 3. The van der Waals surface area contributed by atoms with E-state index in [1.54, 1.807) is 0 Å². The van der Waals surface area contributed by atoms with E-state index in [-0.39, 0.29) is 0 Å². The topological polar surface area (TPSA) is 33.1 Å². The normalized spacial score (nSPS) is 21.3. The van der Waals surface area contributed by atoms with Crippen molar-refractivity contribution in [3.8, 4) is 0 Å². The maximum atomic E-state index is 4.66. The molecule has 18 heavy (non-hydrogen) atoms. The van der Waals surface area contributed by atoms with Gasteiger partial charge in [0.1, 0.15) is 0 Å². The van der Waals surface area contributed by atoms with Crippen LogP contribution in [0.15, 0.2) is 24.3 Å². The van der Waals surface area contributed by atoms with Crippen molar-refractivity contribution in [2.45, 2.75) is 18.9 Å². The van der Waals surface area contributed by atoms with Crippen molar-refractivity contribution in [2.24, 2.45) is 7.05 Å². The van der Waals surface area contributed by atoms with Gasteiger partial charge in [-0.1, -0.05) is 12.1 Å². The molecular formula is C14H20N4. The maximum Gasteiger partial charge on any atom is 0.203 e. The Morgan fingerprint density at radius 1 is 1.28 bits per heavy atom. The van der Waals surface area contributed by atoms with Crippen molar-refractivity contribution >= 4 is 17.0 Å². The van der Waals surface area contributed by atoms with Gasteiger partial charge in [-0.25, -0.2) is 4.98 Å². The van der Waals surface area contributed by atoms with Crippen molar-refractivity contribution in [1.29, 1.82) is 0 Å². The summed E-state index contributed by atoms with van der Waals surface area (Å²) in [6, 6.07) is 8.78. The summed E-state index contributed by atoms with van der Waals surface area (Å²) in [6.07, 6.45) is 2.49. The molecule has 1 N–H and O–H groups in total. The fraction of sp³-hybridized carbons (Fsp3) is 0.500. The highest BCUT2D eigenvalue weighted by Crippen LogP contribution is 2.20. The number of aromatic nitrogens is 2. The number of aryl methyl sites for hydroxylation is 1. The summed E-state index contributed by atoms with van der Waals surface area (Å²) < 4.78 is 2.14. The summed E-state index contributed by atoms with van der Waals surface area (Å²) in [6.45, 7) is 2.31. The molecule has 0 amide bonds. The maximum absolute atomic E-state index is 4.66. The minimum atomic E-state index is 0.513. The third kappa shape index (κ3) is 2.08. The second-order valence-corrected chi connectivity index (χ2v) is 5.23. The van der Waals surface area contributed by atoms with Crippen molar-refractivity contribution in [3.05, 3.63) is 24.3 Å². The fourth-order valence-corrected chi connectivity index (χ4v) is 2.74. The van der Waals surface area contributed by atoms with Gasteiger partial charge in [0.05, 0.1) is 11.0 Å². The van der Waals surface area contributed by atoms with Crippen molar-refractivity contribution < 1.29 is 0 Å². The minimum absolute atomic E-state index is 0.513. The predicted octanol–water partition coefficient (Wildman–Crippen LogP) is 2.08. The molecule has 1 atom stereocenters. The van der Waals surface area contributed by atoms with Crippen LogP contribution in [0.25, 0.3) is 11.0 Å². The lowest BCUT2D eigenvalue weighted by Crippen LogP contribution is -2.40. The summed E-state index contributed by atoms with van der Waals surface area (Å²) in [4.78, 5) is 7.04. The molecule has 2 aromatic rings. The average Bonchev–Trinajstić information content (AvgIpc) is 2.67. The Kier molecular flexibility index (Phi) is 2.96. The zero-order chi connectivity index (χ0) is 12.5. The fourth-order valence-electron chi connectivity index (χ4n) is 2.74. The molecule has 1 aliphatic rings. The van der Waals surface area contributed by atoms with Gasteiger partial charge in [0.25, 0.3) is 0 Å². The molecular weight excluding hydrogens is 224 g/mol. The van der Waals surface area contributed by atoms with Gasteiger partial charge in [0.15, 0.2) is 0 Å². The Morgan fingerprint density at radius 3 is 2.89 bits per heavy atom. The van der Waals surface area contributed by atoms with E-state index in [4.69, 9.17) is 0 Å². The first kappa shape index (κ1) is 11.5. The number of anilines is 1. The Hall–Kier alpha value is -1.55. The van der Waals surface area contributed by atoms with E-state index in [2.05, 4.69) is 52.1 Å². The van der Waals surface area contributed by atoms with Crippen molar-refractivity contribution in [1.82, 2.24) is 14.5 Å². The second-order valence-electron chi connectivity index (χ2n) is 5.23. The Bertz CT molecular complexity index is 546. The highest BCUT2D eigenvalue weighted by atomic mass is 15.2. The molecule has 4 heteroatoms. The van der Waals surface area contributed by atoms with Crippen LogP contribution in [0.2, 0.25) is 0 Å². The molecule has 3 rings (SSSR count). The Labute approximate surface area is 108 Å². The predicted molar refractivity (Wildman–Crippen MR) is 74.9 cm³/mol. The highest BCUT2D eigenvalue weighted by Gasteiger charge is 2.18. The van der Waals surface area contributed by atoms with Gasteiger partial charge in [0.2, 0.25) is 5.95 Å². The summed E-state index contributed by atoms with van der Waals surface area (Å²) in [5.41, 5.74) is 2.25. The first-order valence-corrected chi connectivity index (χ1v) is 6.60. The van der Waals surface area contributed by atoms with Gasteiger partial charge in [-0.05, 0) is 38.6 Å². The van der Waals surface area contributed by atoms with Gasteiger partial charge in [-0.3, -0.25) is 0 Å². The van der Waals surface area contributed by atoms with Crippen LogP contribution in [-0.2, 0) is 7.05 Å². The molecule has 1 aromatic carbocycles. The summed E-state index contributed by atoms with van der Waals surface area (Å²) in [5.74, 6) is 0.983. The van der Waals surface area contributed by atoms with Crippen LogP contribution in [0.5, 0.6) is 0 Å². The van der Waals surface area contributed by atoms with Crippen LogP contribution >= 0.6 is 0 Å². The quantitative estimate of drug-likeness (QED) is 0.878. The van der Waals surface area contributed by atoms with E-state index < -0.39 is 0 Å². The lowest BCUT2D eigenvalue weighted by Gasteiger charge is -2.30. The number of nitrogens with one attached hydrogen (secondary N) is 1. The van der Waals surface area contributed by atoms with Gasteiger partial charge >= 0.3 is 0 Å². The van der Waals surface area contributed by atoms with E-state index in [9.17, 15) is 0 Å². The molecule has 1 saturated heterocycles. The number of fused-ring (bicyclic) bond motifs is 1. The van der Waals surface area contributed by atoms with Gasteiger partial charge in [-0.15, -0.1) is 0 Å². The lowest BCUT2D eigenvalue weighted by molar-refractivity contribution is 0.260. The molecule has 2 heterocycles. The monoisotopic (exact) mass is 244 g/mol. The molecule has 1 aromatic heterocycles. The lowest BCUT2D eigenvalue weighted by atomic mass is 10.1. The smallest absolute Gasteiger partial charge is 0.203 e. The van der Waals surface area contributed by atoms with E-state index in [1.165, 1.54) is 24.9 Å². The van der Waals surface area contributed by atoms with Gasteiger partial charge < -0.3 is 14.8 Å². The summed E-state index contributed by atoms with van der Waals surface area (Å²) >= 11 is 0. The number of likely N-dealkylation sites (N-methyl/N-ethyl adjacent to an activating group) is 1. The summed E-state index contributed by atoms with van der Waals surface area (Å²) in [7, 11) is 4.26. The molecule has 0 saturated carbocycles. The molecule has 1 aliphatic heterocycles. The molecule has 96 valence electrons. The van der Waals surface area contributed by atoms with Crippen LogP contribution in [0.4, 0.5) is 5.95 Å². The van der Waals surface area contributed by atoms with Gasteiger partial charge in [0, 0.05) is 19.6 Å². The van der Waals surface area contributed by atoms with Crippen LogP contribution < -0.4 is 5.32 Å².